The molecule has 1 fully saturated rings. The SMILES string of the molecule is COc1ccc(CN2C(=O)N[C@](COCc3cc(C(F)(F)F)cc(C(F)(F)F)c3)(c3ccccc3)C2=O)cc1. The van der Waals surface area contributed by atoms with E-state index < -0.39 is 59.7 Å². The molecule has 0 unspecified atom stereocenters. The number of urea groups is 1. The number of ether oxygens (including phenoxy) is 2. The van der Waals surface area contributed by atoms with Crippen LogP contribution in [0.1, 0.15) is 27.8 Å². The topological polar surface area (TPSA) is 67.9 Å². The number of methoxy groups -OCH3 is 1. The number of rotatable bonds is 8. The molecule has 4 rings (SSSR count). The van der Waals surface area contributed by atoms with Crippen LogP contribution in [0.5, 0.6) is 5.75 Å². The van der Waals surface area contributed by atoms with Crippen LogP contribution in [0.2, 0.25) is 0 Å². The van der Waals surface area contributed by atoms with Crippen molar-refractivity contribution in [3.8, 4) is 5.75 Å². The van der Waals surface area contributed by atoms with E-state index in [0.29, 0.717) is 29.0 Å². The van der Waals surface area contributed by atoms with E-state index >= 15 is 0 Å². The van der Waals surface area contributed by atoms with Crippen molar-refractivity contribution in [1.29, 1.82) is 0 Å². The summed E-state index contributed by atoms with van der Waals surface area (Å²) in [5, 5.41) is 2.61. The number of imide groups is 1. The van der Waals surface area contributed by atoms with E-state index in [0.717, 1.165) is 4.90 Å². The lowest BCUT2D eigenvalue weighted by Crippen LogP contribution is -2.48. The van der Waals surface area contributed by atoms with Crippen LogP contribution in [0.25, 0.3) is 0 Å². The quantitative estimate of drug-likeness (QED) is 0.279. The fourth-order valence-electron chi connectivity index (χ4n) is 4.21. The Labute approximate surface area is 219 Å². The fraction of sp³-hybridized carbons (Fsp3) is 0.259. The number of nitrogens with zero attached hydrogens (tertiary/aromatic N) is 1. The van der Waals surface area contributed by atoms with Crippen LogP contribution in [0.15, 0.2) is 72.8 Å². The minimum Gasteiger partial charge on any atom is -0.497 e. The first-order chi connectivity index (χ1) is 18.3. The van der Waals surface area contributed by atoms with Gasteiger partial charge in [-0.25, -0.2) is 4.79 Å². The number of alkyl halides is 6. The number of halogens is 6. The van der Waals surface area contributed by atoms with Gasteiger partial charge in [-0.15, -0.1) is 0 Å². The van der Waals surface area contributed by atoms with Gasteiger partial charge in [0.2, 0.25) is 0 Å². The van der Waals surface area contributed by atoms with Crippen LogP contribution in [0.4, 0.5) is 31.1 Å². The molecule has 1 N–H and O–H groups in total. The maximum Gasteiger partial charge on any atom is 0.416 e. The first-order valence-corrected chi connectivity index (χ1v) is 11.5. The average Bonchev–Trinajstić information content (AvgIpc) is 3.13. The number of amides is 3. The summed E-state index contributed by atoms with van der Waals surface area (Å²) in [5.74, 6) is -0.110. The van der Waals surface area contributed by atoms with Gasteiger partial charge in [0.1, 0.15) is 5.75 Å². The highest BCUT2D eigenvalue weighted by atomic mass is 19.4. The van der Waals surface area contributed by atoms with E-state index in [1.54, 1.807) is 54.6 Å². The van der Waals surface area contributed by atoms with Crippen molar-refractivity contribution >= 4 is 11.9 Å². The summed E-state index contributed by atoms with van der Waals surface area (Å²) in [6.45, 7) is -1.31. The van der Waals surface area contributed by atoms with E-state index in [1.165, 1.54) is 7.11 Å². The van der Waals surface area contributed by atoms with Crippen molar-refractivity contribution in [3.05, 3.63) is 101 Å². The Morgan fingerprint density at radius 3 is 1.95 bits per heavy atom. The smallest absolute Gasteiger partial charge is 0.416 e. The van der Waals surface area contributed by atoms with E-state index in [9.17, 15) is 35.9 Å². The van der Waals surface area contributed by atoms with Gasteiger partial charge < -0.3 is 14.8 Å². The molecule has 0 spiro atoms. The molecule has 3 aromatic carbocycles. The van der Waals surface area contributed by atoms with Crippen molar-refractivity contribution in [3.63, 3.8) is 0 Å². The number of carbonyl (C=O) groups is 2. The molecule has 6 nitrogen and oxygen atoms in total. The molecular formula is C27H22F6N2O4. The standard InChI is InChI=1S/C27H22F6N2O4/c1-38-22-9-7-17(8-10-22)14-35-23(36)25(34-24(35)37,19-5-3-2-4-6-19)16-39-15-18-11-20(26(28,29)30)13-21(12-18)27(31,32)33/h2-13H,14-16H2,1H3,(H,34,37)/t25-/m1/s1. The number of hydrogen-bond donors (Lipinski definition) is 1. The van der Waals surface area contributed by atoms with Crippen molar-refractivity contribution < 1.29 is 45.4 Å². The Balaban J connectivity index is 1.60. The van der Waals surface area contributed by atoms with E-state index in [2.05, 4.69) is 5.32 Å². The third-order valence-corrected chi connectivity index (χ3v) is 6.18. The monoisotopic (exact) mass is 552 g/mol. The molecule has 0 aliphatic carbocycles. The van der Waals surface area contributed by atoms with Gasteiger partial charge in [0.15, 0.2) is 5.54 Å². The second-order valence-electron chi connectivity index (χ2n) is 8.85. The third kappa shape index (κ3) is 6.00. The summed E-state index contributed by atoms with van der Waals surface area (Å²) in [5.41, 5.74) is -4.16. The molecule has 1 saturated heterocycles. The molecular weight excluding hydrogens is 530 g/mol. The van der Waals surface area contributed by atoms with Crippen LogP contribution in [0.3, 0.4) is 0 Å². The van der Waals surface area contributed by atoms with Gasteiger partial charge in [-0.2, -0.15) is 26.3 Å². The largest absolute Gasteiger partial charge is 0.497 e. The first kappa shape index (κ1) is 28.0. The minimum atomic E-state index is -5.02. The zero-order valence-electron chi connectivity index (χ0n) is 20.4. The van der Waals surface area contributed by atoms with Crippen molar-refractivity contribution in [2.24, 2.45) is 0 Å². The molecule has 39 heavy (non-hydrogen) atoms. The average molecular weight is 552 g/mol. The maximum absolute atomic E-state index is 13.6. The fourth-order valence-corrected chi connectivity index (χ4v) is 4.21. The lowest BCUT2D eigenvalue weighted by molar-refractivity contribution is -0.143. The molecule has 12 heteroatoms. The minimum absolute atomic E-state index is 0.0206. The van der Waals surface area contributed by atoms with Crippen molar-refractivity contribution in [1.82, 2.24) is 10.2 Å². The highest BCUT2D eigenvalue weighted by Crippen LogP contribution is 2.37. The van der Waals surface area contributed by atoms with Crippen LogP contribution >= 0.6 is 0 Å². The molecule has 206 valence electrons. The summed E-state index contributed by atoms with van der Waals surface area (Å²) < 4.78 is 90.0. The molecule has 3 amide bonds. The number of hydrogen-bond acceptors (Lipinski definition) is 4. The Morgan fingerprint density at radius 1 is 0.821 bits per heavy atom. The molecule has 1 heterocycles. The Morgan fingerprint density at radius 2 is 1.41 bits per heavy atom. The summed E-state index contributed by atoms with van der Waals surface area (Å²) in [6.07, 6.45) is -10.0. The molecule has 1 aliphatic rings. The zero-order valence-corrected chi connectivity index (χ0v) is 20.4. The number of benzene rings is 3. The second-order valence-corrected chi connectivity index (χ2v) is 8.85. The predicted molar refractivity (Wildman–Crippen MR) is 126 cm³/mol. The van der Waals surface area contributed by atoms with Gasteiger partial charge in [-0.1, -0.05) is 42.5 Å². The summed E-state index contributed by atoms with van der Waals surface area (Å²) in [6, 6.07) is 15.1. The van der Waals surface area contributed by atoms with Gasteiger partial charge in [0.05, 0.1) is 38.0 Å². The summed E-state index contributed by atoms with van der Waals surface area (Å²) in [4.78, 5) is 27.5. The predicted octanol–water partition coefficient (Wildman–Crippen LogP) is 5.90. The second kappa shape index (κ2) is 10.6. The molecule has 0 aromatic heterocycles. The lowest BCUT2D eigenvalue weighted by Gasteiger charge is -2.27. The van der Waals surface area contributed by atoms with E-state index in [-0.39, 0.29) is 12.6 Å². The lowest BCUT2D eigenvalue weighted by atomic mass is 9.90. The molecule has 1 atom stereocenters. The Hall–Kier alpha value is -4.06. The van der Waals surface area contributed by atoms with E-state index in [4.69, 9.17) is 9.47 Å². The third-order valence-electron chi connectivity index (χ3n) is 6.18. The van der Waals surface area contributed by atoms with Gasteiger partial charge in [-0.3, -0.25) is 9.69 Å². The highest BCUT2D eigenvalue weighted by Gasteiger charge is 2.52. The van der Waals surface area contributed by atoms with Gasteiger partial charge in [0, 0.05) is 0 Å². The molecule has 0 radical (unpaired) electrons. The number of nitrogens with one attached hydrogen (secondary N) is 1. The first-order valence-electron chi connectivity index (χ1n) is 11.5. The van der Waals surface area contributed by atoms with Crippen LogP contribution in [0, 0.1) is 0 Å². The van der Waals surface area contributed by atoms with Gasteiger partial charge in [-0.05, 0) is 47.0 Å². The van der Waals surface area contributed by atoms with Crippen LogP contribution in [-0.2, 0) is 40.6 Å². The Bertz CT molecular complexity index is 1310. The summed E-state index contributed by atoms with van der Waals surface area (Å²) >= 11 is 0. The number of carbonyl (C=O) groups excluding carboxylic acids is 2. The van der Waals surface area contributed by atoms with E-state index in [1.807, 2.05) is 0 Å². The summed E-state index contributed by atoms with van der Waals surface area (Å²) in [7, 11) is 1.49. The van der Waals surface area contributed by atoms with Crippen LogP contribution < -0.4 is 10.1 Å². The van der Waals surface area contributed by atoms with Crippen molar-refractivity contribution in [2.75, 3.05) is 13.7 Å². The van der Waals surface area contributed by atoms with Crippen LogP contribution in [-0.4, -0.2) is 30.6 Å². The molecule has 0 bridgehead atoms. The normalized spacial score (nSPS) is 17.9. The molecule has 0 saturated carbocycles. The molecule has 1 aliphatic heterocycles. The zero-order chi connectivity index (χ0) is 28.4. The maximum atomic E-state index is 13.6. The van der Waals surface area contributed by atoms with Crippen molar-refractivity contribution in [2.45, 2.75) is 31.0 Å². The van der Waals surface area contributed by atoms with Gasteiger partial charge in [0.25, 0.3) is 5.91 Å². The highest BCUT2D eigenvalue weighted by molar-refractivity contribution is 6.07. The Kier molecular flexibility index (Phi) is 7.60. The van der Waals surface area contributed by atoms with Gasteiger partial charge >= 0.3 is 18.4 Å². The molecule has 3 aromatic rings.